The van der Waals surface area contributed by atoms with E-state index in [1.807, 2.05) is 78.6 Å². The highest BCUT2D eigenvalue weighted by atomic mass is 127. The van der Waals surface area contributed by atoms with E-state index >= 15 is 0 Å². The van der Waals surface area contributed by atoms with Gasteiger partial charge in [0.25, 0.3) is 0 Å². The van der Waals surface area contributed by atoms with Crippen LogP contribution in [-0.2, 0) is 32.6 Å². The molecule has 0 atom stereocenters. The third kappa shape index (κ3) is 10.7. The average Bonchev–Trinajstić information content (AvgIpc) is 3.18. The Labute approximate surface area is 342 Å². The van der Waals surface area contributed by atoms with Crippen LogP contribution in [0.5, 0.6) is 17.2 Å². The lowest BCUT2D eigenvalue weighted by Gasteiger charge is -2.18. The minimum Gasteiger partial charge on any atom is -0.497 e. The van der Waals surface area contributed by atoms with E-state index in [2.05, 4.69) is 103 Å². The Morgan fingerprint density at radius 1 is 0.607 bits per heavy atom. The Morgan fingerprint density at radius 3 is 1.73 bits per heavy atom. The van der Waals surface area contributed by atoms with Crippen molar-refractivity contribution in [2.24, 2.45) is 0 Å². The molecule has 2 aromatic heterocycles. The quantitative estimate of drug-likeness (QED) is 0.0651. The Morgan fingerprint density at radius 2 is 1.18 bits per heavy atom. The molecule has 6 aromatic rings. The summed E-state index contributed by atoms with van der Waals surface area (Å²) in [5, 5.41) is 6.67. The molecule has 0 aliphatic heterocycles. The normalized spacial score (nSPS) is 11.1. The predicted octanol–water partition coefficient (Wildman–Crippen LogP) is 8.16. The zero-order chi connectivity index (χ0) is 39.6. The number of nitrogens with zero attached hydrogens (tertiary/aromatic N) is 6. The van der Waals surface area contributed by atoms with Gasteiger partial charge in [0.15, 0.2) is 28.8 Å². The number of rotatable bonds is 17. The first-order chi connectivity index (χ1) is 27.1. The van der Waals surface area contributed by atoms with Crippen LogP contribution < -0.4 is 34.6 Å². The summed E-state index contributed by atoms with van der Waals surface area (Å²) in [5.74, 6) is 3.62. The summed E-state index contributed by atoms with van der Waals surface area (Å²) >= 11 is 1.84. The van der Waals surface area contributed by atoms with Crippen molar-refractivity contribution < 1.29 is 12.5 Å². The van der Waals surface area contributed by atoms with E-state index in [0.717, 1.165) is 52.5 Å². The van der Waals surface area contributed by atoms with E-state index in [1.165, 1.54) is 11.1 Å². The van der Waals surface area contributed by atoms with Crippen molar-refractivity contribution in [1.82, 2.24) is 29.7 Å². The van der Waals surface area contributed by atoms with Gasteiger partial charge >= 0.3 is 0 Å². The molecule has 6 N–H and O–H groups in total. The number of nitrogens with two attached hydrogens (primary N) is 2. The van der Waals surface area contributed by atoms with Gasteiger partial charge in [-0.05, 0) is 67.0 Å². The van der Waals surface area contributed by atoms with Gasteiger partial charge in [-0.2, -0.15) is 9.97 Å². The molecule has 4 aromatic carbocycles. The molecule has 0 bridgehead atoms. The molecule has 6 rings (SSSR count). The predicted molar refractivity (Wildman–Crippen MR) is 232 cm³/mol. The number of ether oxygens (including phenoxy) is 2. The maximum atomic E-state index is 6.14. The lowest BCUT2D eigenvalue weighted by Crippen LogP contribution is -2.18. The highest BCUT2D eigenvalue weighted by molar-refractivity contribution is 14.1. The molecule has 56 heavy (non-hydrogen) atoms. The number of nitrogens with one attached hydrogen (secondary N) is 2. The van der Waals surface area contributed by atoms with Gasteiger partial charge in [-0.1, -0.05) is 55.5 Å². The fourth-order valence-electron chi connectivity index (χ4n) is 6.38. The number of hydrogen-bond donors (Lipinski definition) is 4. The highest BCUT2D eigenvalue weighted by Crippen LogP contribution is 2.35. The number of benzene rings is 4. The Balaban J connectivity index is 1.07. The number of anilines is 6. The first-order valence-electron chi connectivity index (χ1n) is 18.1. The van der Waals surface area contributed by atoms with Crippen LogP contribution in [0, 0.1) is 0 Å². The van der Waals surface area contributed by atoms with E-state index in [-0.39, 0.29) is 11.9 Å². The summed E-state index contributed by atoms with van der Waals surface area (Å²) in [4.78, 5) is 22.1. The molecular formula is C42H47IN10O3. The van der Waals surface area contributed by atoms with Crippen LogP contribution in [0.1, 0.15) is 35.0 Å². The van der Waals surface area contributed by atoms with Crippen LogP contribution in [0.2, 0.25) is 0 Å². The minimum atomic E-state index is 0.177. The molecule has 0 aliphatic carbocycles. The molecule has 14 heteroatoms. The second kappa shape index (κ2) is 18.8. The highest BCUT2D eigenvalue weighted by Gasteiger charge is 2.13. The zero-order valence-corrected chi connectivity index (χ0v) is 34.4. The van der Waals surface area contributed by atoms with E-state index in [4.69, 9.17) is 24.0 Å². The number of aryl methyl sites for hydroxylation is 1. The second-order valence-electron chi connectivity index (χ2n) is 13.5. The van der Waals surface area contributed by atoms with Crippen LogP contribution in [0.4, 0.5) is 34.9 Å². The molecule has 290 valence electrons. The Hall–Kier alpha value is -5.71. The molecule has 0 amide bonds. The Kier molecular flexibility index (Phi) is 13.4. The van der Waals surface area contributed by atoms with Crippen LogP contribution in [0.15, 0.2) is 97.1 Å². The molecule has 2 heterocycles. The van der Waals surface area contributed by atoms with Crippen molar-refractivity contribution >= 4 is 57.9 Å². The molecule has 0 fully saturated rings. The summed E-state index contributed by atoms with van der Waals surface area (Å²) in [6.45, 7) is 4.84. The van der Waals surface area contributed by atoms with Gasteiger partial charge in [0, 0.05) is 61.7 Å². The Bertz CT molecular complexity index is 2240. The van der Waals surface area contributed by atoms with Crippen molar-refractivity contribution in [3.63, 3.8) is 0 Å². The number of nitrogen functional groups attached to an aromatic ring is 2. The summed E-state index contributed by atoms with van der Waals surface area (Å²) in [6, 6.07) is 32.5. The largest absolute Gasteiger partial charge is 0.497 e. The van der Waals surface area contributed by atoms with Gasteiger partial charge in [-0.25, -0.2) is 9.97 Å². The van der Waals surface area contributed by atoms with Crippen LogP contribution >= 0.6 is 23.0 Å². The van der Waals surface area contributed by atoms with Crippen LogP contribution in [0.3, 0.4) is 0 Å². The minimum absolute atomic E-state index is 0.177. The SMILES string of the molecule is CCc1ccc(CN(C)Cc2cc(Nc3ccc(-c4ccc(CN(C)Cc5cc(Nc6cc(OC)ccc6OI)nc(N)n5)cc4)c(OC)c3)nc(N)n2)cc1. The summed E-state index contributed by atoms with van der Waals surface area (Å²) in [6.07, 6.45) is 1.03. The van der Waals surface area contributed by atoms with E-state index in [1.54, 1.807) is 14.2 Å². The lowest BCUT2D eigenvalue weighted by molar-refractivity contribution is 0.315. The fourth-order valence-corrected chi connectivity index (χ4v) is 6.76. The summed E-state index contributed by atoms with van der Waals surface area (Å²) in [7, 11) is 7.40. The fraction of sp³-hybridized carbons (Fsp3) is 0.238. The average molecular weight is 867 g/mol. The second-order valence-corrected chi connectivity index (χ2v) is 14.0. The summed E-state index contributed by atoms with van der Waals surface area (Å²) < 4.78 is 16.7. The number of methoxy groups -OCH3 is 2. The van der Waals surface area contributed by atoms with Gasteiger partial charge in [0.05, 0.1) is 31.3 Å². The molecule has 0 saturated carbocycles. The molecule has 0 spiro atoms. The van der Waals surface area contributed by atoms with Crippen molar-refractivity contribution in [2.45, 2.75) is 39.5 Å². The smallest absolute Gasteiger partial charge is 0.222 e. The zero-order valence-electron chi connectivity index (χ0n) is 32.2. The number of halogens is 1. The van der Waals surface area contributed by atoms with Crippen molar-refractivity contribution in [2.75, 3.05) is 50.4 Å². The number of aromatic nitrogens is 4. The van der Waals surface area contributed by atoms with Crippen LogP contribution in [-0.4, -0.2) is 58.1 Å². The first-order valence-corrected chi connectivity index (χ1v) is 19.0. The molecule has 13 nitrogen and oxygen atoms in total. The van der Waals surface area contributed by atoms with E-state index in [0.29, 0.717) is 48.5 Å². The molecule has 0 unspecified atom stereocenters. The summed E-state index contributed by atoms with van der Waals surface area (Å²) in [5.41, 5.74) is 21.1. The van der Waals surface area contributed by atoms with Gasteiger partial charge in [0.2, 0.25) is 11.9 Å². The van der Waals surface area contributed by atoms with Gasteiger partial charge < -0.3 is 34.6 Å². The molecule has 0 saturated heterocycles. The van der Waals surface area contributed by atoms with Crippen molar-refractivity contribution in [3.05, 3.63) is 125 Å². The third-order valence-electron chi connectivity index (χ3n) is 9.06. The van der Waals surface area contributed by atoms with Gasteiger partial charge in [-0.3, -0.25) is 9.80 Å². The molecule has 0 radical (unpaired) electrons. The monoisotopic (exact) mass is 866 g/mol. The topological polar surface area (TPSA) is 162 Å². The lowest BCUT2D eigenvalue weighted by atomic mass is 10.0. The maximum absolute atomic E-state index is 6.14. The molecular weight excluding hydrogens is 819 g/mol. The van der Waals surface area contributed by atoms with Crippen molar-refractivity contribution in [3.8, 4) is 28.4 Å². The molecule has 0 aliphatic rings. The van der Waals surface area contributed by atoms with E-state index in [9.17, 15) is 0 Å². The first kappa shape index (κ1) is 40.0. The number of hydrogen-bond acceptors (Lipinski definition) is 13. The van der Waals surface area contributed by atoms with Gasteiger partial charge in [-0.15, -0.1) is 0 Å². The van der Waals surface area contributed by atoms with Crippen LogP contribution in [0.25, 0.3) is 11.1 Å². The van der Waals surface area contributed by atoms with Gasteiger partial charge in [0.1, 0.15) is 23.1 Å². The van der Waals surface area contributed by atoms with Crippen molar-refractivity contribution in [1.29, 1.82) is 0 Å². The standard InChI is InChI=1S/C42H47IN10O3/c1-6-27-7-9-28(10-8-27)23-52(2)25-32-20-39(50-41(44)47-32)46-31-15-17-35(38(19-31)55-5)30-13-11-29(12-14-30)24-53(3)26-33-21-40(51-42(45)48-33)49-36-22-34(54-4)16-18-37(36)56-43/h7-22H,6,23-26H2,1-5H3,(H3,44,46,47,50)(H3,45,48,49,51). The maximum Gasteiger partial charge on any atom is 0.222 e. The van der Waals surface area contributed by atoms with E-state index < -0.39 is 0 Å². The third-order valence-corrected chi connectivity index (χ3v) is 9.54.